The lowest BCUT2D eigenvalue weighted by Gasteiger charge is -1.93. The number of hydrogen-bond donors (Lipinski definition) is 1. The van der Waals surface area contributed by atoms with Crippen molar-refractivity contribution in [1.29, 1.82) is 0 Å². The minimum atomic E-state index is -5.08. The third-order valence-corrected chi connectivity index (χ3v) is 0.909. The Hall–Kier alpha value is -1.52. The fraction of sp³-hybridized carbons (Fsp3) is 0.125. The van der Waals surface area contributed by atoms with Crippen LogP contribution in [0.1, 0.15) is 0 Å². The molecule has 0 aliphatic carbocycles. The molecule has 0 spiro atoms. The monoisotopic (exact) mass is 192 g/mol. The minimum Gasteiger partial charge on any atom is -0.475 e. The maximum absolute atomic E-state index is 10.6. The summed E-state index contributed by atoms with van der Waals surface area (Å²) in [7, 11) is 0. The number of alkyl halides is 3. The molecule has 0 saturated carbocycles. The number of carboxylic acids is 1. The van der Waals surface area contributed by atoms with Crippen LogP contribution in [0.3, 0.4) is 0 Å². The molecule has 0 radical (unpaired) electrons. The van der Waals surface area contributed by atoms with Crippen molar-refractivity contribution in [2.75, 3.05) is 0 Å². The molecule has 0 atom stereocenters. The molecule has 0 amide bonds. The van der Waals surface area contributed by atoms with Gasteiger partial charge in [-0.3, -0.25) is 0 Å². The van der Waals surface area contributed by atoms with Crippen LogP contribution in [-0.2, 0) is 4.79 Å². The summed E-state index contributed by atoms with van der Waals surface area (Å²) in [6.07, 6.45) is -5.08. The molecule has 0 aromatic heterocycles. The topological polar surface area (TPSA) is 37.3 Å². The average Bonchev–Trinajstić information content (AvgIpc) is 2.07. The molecule has 1 aromatic rings. The van der Waals surface area contributed by atoms with Crippen molar-refractivity contribution in [3.05, 3.63) is 36.4 Å². The van der Waals surface area contributed by atoms with Gasteiger partial charge in [0.1, 0.15) is 0 Å². The predicted octanol–water partition coefficient (Wildman–Crippen LogP) is 2.32. The zero-order chi connectivity index (χ0) is 10.3. The number of halogens is 3. The summed E-state index contributed by atoms with van der Waals surface area (Å²) < 4.78 is 31.7. The molecule has 1 aromatic carbocycles. The zero-order valence-electron chi connectivity index (χ0n) is 6.45. The van der Waals surface area contributed by atoms with E-state index in [-0.39, 0.29) is 0 Å². The van der Waals surface area contributed by atoms with Crippen LogP contribution in [-0.4, -0.2) is 17.3 Å². The lowest BCUT2D eigenvalue weighted by molar-refractivity contribution is -0.192. The van der Waals surface area contributed by atoms with Gasteiger partial charge < -0.3 is 5.11 Å². The van der Waals surface area contributed by atoms with Crippen molar-refractivity contribution in [3.63, 3.8) is 0 Å². The smallest absolute Gasteiger partial charge is 0.475 e. The first-order valence-corrected chi connectivity index (χ1v) is 3.24. The lowest BCUT2D eigenvalue weighted by atomic mass is 10.4. The number of aliphatic carboxylic acids is 1. The highest BCUT2D eigenvalue weighted by Gasteiger charge is 2.38. The Kier molecular flexibility index (Phi) is 4.58. The predicted molar refractivity (Wildman–Crippen MR) is 40.1 cm³/mol. The summed E-state index contributed by atoms with van der Waals surface area (Å²) in [5.41, 5.74) is 0. The van der Waals surface area contributed by atoms with E-state index in [0.717, 1.165) is 0 Å². The zero-order valence-corrected chi connectivity index (χ0v) is 6.45. The second kappa shape index (κ2) is 5.18. The highest BCUT2D eigenvalue weighted by atomic mass is 19.4. The molecule has 5 heteroatoms. The molecular formula is C8H7F3O2. The third-order valence-electron chi connectivity index (χ3n) is 0.909. The normalized spacial score (nSPS) is 9.77. The fourth-order valence-electron chi connectivity index (χ4n) is 0.385. The number of hydrogen-bond acceptors (Lipinski definition) is 1. The van der Waals surface area contributed by atoms with Crippen molar-refractivity contribution in [3.8, 4) is 0 Å². The highest BCUT2D eigenvalue weighted by molar-refractivity contribution is 5.73. The Labute approximate surface area is 72.6 Å². The van der Waals surface area contributed by atoms with Gasteiger partial charge >= 0.3 is 12.1 Å². The first-order chi connectivity index (χ1) is 5.94. The molecule has 0 fully saturated rings. The first-order valence-electron chi connectivity index (χ1n) is 3.24. The Morgan fingerprint density at radius 2 is 1.08 bits per heavy atom. The quantitative estimate of drug-likeness (QED) is 0.684. The van der Waals surface area contributed by atoms with Crippen LogP contribution in [0.5, 0.6) is 0 Å². The van der Waals surface area contributed by atoms with Crippen molar-refractivity contribution < 1.29 is 23.1 Å². The van der Waals surface area contributed by atoms with Crippen LogP contribution in [0, 0.1) is 0 Å². The Morgan fingerprint density at radius 3 is 1.15 bits per heavy atom. The first kappa shape index (κ1) is 11.5. The Morgan fingerprint density at radius 1 is 0.923 bits per heavy atom. The van der Waals surface area contributed by atoms with E-state index in [2.05, 4.69) is 0 Å². The largest absolute Gasteiger partial charge is 0.490 e. The van der Waals surface area contributed by atoms with E-state index in [1.54, 1.807) is 0 Å². The standard InChI is InChI=1S/C6H6.C2HF3O2/c1-2-4-6-5-3-1;3-2(4,5)1(6)7/h1-6H;(H,6,7). The molecule has 2 nitrogen and oxygen atoms in total. The van der Waals surface area contributed by atoms with E-state index >= 15 is 0 Å². The van der Waals surface area contributed by atoms with E-state index in [9.17, 15) is 13.2 Å². The number of rotatable bonds is 0. The van der Waals surface area contributed by atoms with Gasteiger partial charge in [-0.1, -0.05) is 36.4 Å². The summed E-state index contributed by atoms with van der Waals surface area (Å²) in [5, 5.41) is 7.12. The van der Waals surface area contributed by atoms with Crippen LogP contribution in [0.25, 0.3) is 0 Å². The summed E-state index contributed by atoms with van der Waals surface area (Å²) in [5.74, 6) is -2.76. The van der Waals surface area contributed by atoms with Gasteiger partial charge in [0.2, 0.25) is 0 Å². The second-order valence-corrected chi connectivity index (χ2v) is 1.96. The molecular weight excluding hydrogens is 185 g/mol. The Bertz CT molecular complexity index is 217. The summed E-state index contributed by atoms with van der Waals surface area (Å²) in [6.45, 7) is 0. The van der Waals surface area contributed by atoms with Gasteiger partial charge in [0, 0.05) is 0 Å². The van der Waals surface area contributed by atoms with Crippen LogP contribution in [0.15, 0.2) is 36.4 Å². The number of benzene rings is 1. The molecule has 0 unspecified atom stereocenters. The van der Waals surface area contributed by atoms with Crippen molar-refractivity contribution in [1.82, 2.24) is 0 Å². The van der Waals surface area contributed by atoms with Crippen LogP contribution >= 0.6 is 0 Å². The van der Waals surface area contributed by atoms with Crippen LogP contribution in [0.4, 0.5) is 13.2 Å². The molecule has 0 bridgehead atoms. The number of carboxylic acid groups (broad SMARTS) is 1. The van der Waals surface area contributed by atoms with Gasteiger partial charge in [0.25, 0.3) is 0 Å². The minimum absolute atomic E-state index is 2.00. The Balaban J connectivity index is 0.000000223. The SMILES string of the molecule is O=C(O)C(F)(F)F.c1ccccc1. The average molecular weight is 192 g/mol. The van der Waals surface area contributed by atoms with Crippen LogP contribution < -0.4 is 0 Å². The van der Waals surface area contributed by atoms with Gasteiger partial charge in [0.05, 0.1) is 0 Å². The van der Waals surface area contributed by atoms with Crippen molar-refractivity contribution in [2.45, 2.75) is 6.18 Å². The van der Waals surface area contributed by atoms with E-state index < -0.39 is 12.1 Å². The van der Waals surface area contributed by atoms with Gasteiger partial charge in [-0.2, -0.15) is 13.2 Å². The van der Waals surface area contributed by atoms with Gasteiger partial charge in [-0.25, -0.2) is 4.79 Å². The maximum Gasteiger partial charge on any atom is 0.490 e. The van der Waals surface area contributed by atoms with E-state index in [1.807, 2.05) is 36.4 Å². The molecule has 0 aliphatic rings. The third kappa shape index (κ3) is 6.86. The molecule has 1 N–H and O–H groups in total. The van der Waals surface area contributed by atoms with E-state index in [0.29, 0.717) is 0 Å². The number of carbonyl (C=O) groups is 1. The molecule has 72 valence electrons. The van der Waals surface area contributed by atoms with Gasteiger partial charge in [0.15, 0.2) is 0 Å². The van der Waals surface area contributed by atoms with E-state index in [1.165, 1.54) is 0 Å². The highest BCUT2D eigenvalue weighted by Crippen LogP contribution is 2.13. The summed E-state index contributed by atoms with van der Waals surface area (Å²) in [6, 6.07) is 12.0. The van der Waals surface area contributed by atoms with Crippen LogP contribution in [0.2, 0.25) is 0 Å². The molecule has 0 aliphatic heterocycles. The lowest BCUT2D eigenvalue weighted by Crippen LogP contribution is -2.21. The van der Waals surface area contributed by atoms with Crippen molar-refractivity contribution in [2.24, 2.45) is 0 Å². The molecule has 0 heterocycles. The molecule has 0 saturated heterocycles. The fourth-order valence-corrected chi connectivity index (χ4v) is 0.385. The van der Waals surface area contributed by atoms with Crippen molar-refractivity contribution >= 4 is 5.97 Å². The summed E-state index contributed by atoms with van der Waals surface area (Å²) in [4.78, 5) is 8.90. The summed E-state index contributed by atoms with van der Waals surface area (Å²) >= 11 is 0. The maximum atomic E-state index is 10.6. The van der Waals surface area contributed by atoms with Gasteiger partial charge in [-0.05, 0) is 0 Å². The second-order valence-electron chi connectivity index (χ2n) is 1.96. The van der Waals surface area contributed by atoms with Gasteiger partial charge in [-0.15, -0.1) is 0 Å². The molecule has 13 heavy (non-hydrogen) atoms. The van der Waals surface area contributed by atoms with E-state index in [4.69, 9.17) is 9.90 Å². The molecule has 1 rings (SSSR count).